The summed E-state index contributed by atoms with van der Waals surface area (Å²) in [7, 11) is -3.39. The Morgan fingerprint density at radius 3 is 2.25 bits per heavy atom. The van der Waals surface area contributed by atoms with E-state index in [2.05, 4.69) is 10.2 Å². The summed E-state index contributed by atoms with van der Waals surface area (Å²) in [6.07, 6.45) is 1.48. The summed E-state index contributed by atoms with van der Waals surface area (Å²) in [5.41, 5.74) is 1.63. The molecule has 2 aromatic carbocycles. The van der Waals surface area contributed by atoms with Gasteiger partial charge in [-0.2, -0.15) is 4.31 Å². The SMILES string of the molecule is O=C(CCCc1nnc(-c2ccccc2)o1)N1CCN(S(=O)(=O)Cc2ccccc2)CC1. The summed E-state index contributed by atoms with van der Waals surface area (Å²) in [5.74, 6) is 0.984. The fraction of sp³-hybridized carbons (Fsp3) is 0.348. The molecule has 9 heteroatoms. The van der Waals surface area contributed by atoms with Crippen LogP contribution in [0.15, 0.2) is 65.1 Å². The third-order valence-corrected chi connectivity index (χ3v) is 7.30. The monoisotopic (exact) mass is 454 g/mol. The molecule has 1 saturated heterocycles. The minimum absolute atomic E-state index is 0.0169. The van der Waals surface area contributed by atoms with Crippen molar-refractivity contribution in [2.75, 3.05) is 26.2 Å². The number of hydrogen-bond donors (Lipinski definition) is 0. The third kappa shape index (κ3) is 5.60. The van der Waals surface area contributed by atoms with Gasteiger partial charge in [0.2, 0.25) is 27.7 Å². The Labute approximate surface area is 187 Å². The van der Waals surface area contributed by atoms with Gasteiger partial charge in [0.15, 0.2) is 0 Å². The second-order valence-electron chi connectivity index (χ2n) is 7.74. The number of nitrogens with zero attached hydrogens (tertiary/aromatic N) is 4. The van der Waals surface area contributed by atoms with E-state index in [0.29, 0.717) is 57.2 Å². The maximum Gasteiger partial charge on any atom is 0.247 e. The van der Waals surface area contributed by atoms with Crippen molar-refractivity contribution in [1.29, 1.82) is 0 Å². The molecule has 32 heavy (non-hydrogen) atoms. The van der Waals surface area contributed by atoms with Gasteiger partial charge in [-0.3, -0.25) is 4.79 Å². The molecule has 0 saturated carbocycles. The highest BCUT2D eigenvalue weighted by Crippen LogP contribution is 2.18. The van der Waals surface area contributed by atoms with E-state index in [-0.39, 0.29) is 11.7 Å². The van der Waals surface area contributed by atoms with E-state index in [4.69, 9.17) is 4.42 Å². The Kier molecular flexibility index (Phi) is 6.96. The second-order valence-corrected chi connectivity index (χ2v) is 9.71. The van der Waals surface area contributed by atoms with Gasteiger partial charge in [-0.25, -0.2) is 8.42 Å². The minimum Gasteiger partial charge on any atom is -0.421 e. The van der Waals surface area contributed by atoms with Gasteiger partial charge in [0.1, 0.15) is 0 Å². The third-order valence-electron chi connectivity index (χ3n) is 5.45. The van der Waals surface area contributed by atoms with Crippen LogP contribution in [0.25, 0.3) is 11.5 Å². The van der Waals surface area contributed by atoms with Crippen molar-refractivity contribution in [1.82, 2.24) is 19.4 Å². The van der Waals surface area contributed by atoms with Gasteiger partial charge in [-0.1, -0.05) is 48.5 Å². The Morgan fingerprint density at radius 1 is 0.906 bits per heavy atom. The van der Waals surface area contributed by atoms with Crippen LogP contribution < -0.4 is 0 Å². The van der Waals surface area contributed by atoms with Crippen molar-refractivity contribution >= 4 is 15.9 Å². The molecule has 168 valence electrons. The fourth-order valence-corrected chi connectivity index (χ4v) is 5.21. The number of aromatic nitrogens is 2. The molecule has 4 rings (SSSR count). The maximum atomic E-state index is 12.7. The molecule has 1 aliphatic heterocycles. The Hall–Kier alpha value is -3.04. The highest BCUT2D eigenvalue weighted by molar-refractivity contribution is 7.88. The van der Waals surface area contributed by atoms with Crippen molar-refractivity contribution in [2.24, 2.45) is 0 Å². The summed E-state index contributed by atoms with van der Waals surface area (Å²) in [4.78, 5) is 14.3. The van der Waals surface area contributed by atoms with Crippen LogP contribution in [0.4, 0.5) is 0 Å². The summed E-state index contributed by atoms with van der Waals surface area (Å²) in [5, 5.41) is 8.12. The van der Waals surface area contributed by atoms with Crippen LogP contribution in [0.2, 0.25) is 0 Å². The summed E-state index contributed by atoms with van der Waals surface area (Å²) in [6, 6.07) is 18.7. The molecule has 0 atom stereocenters. The largest absolute Gasteiger partial charge is 0.421 e. The number of aryl methyl sites for hydroxylation is 1. The molecule has 8 nitrogen and oxygen atoms in total. The standard InChI is InChI=1S/C23H26N4O4S/c28-22(13-7-12-21-24-25-23(31-21)20-10-5-2-6-11-20)26-14-16-27(17-15-26)32(29,30)18-19-8-3-1-4-9-19/h1-6,8-11H,7,12-18H2. The highest BCUT2D eigenvalue weighted by Gasteiger charge is 2.28. The first-order chi connectivity index (χ1) is 15.5. The number of amides is 1. The highest BCUT2D eigenvalue weighted by atomic mass is 32.2. The molecule has 2 heterocycles. The van der Waals surface area contributed by atoms with Gasteiger partial charge >= 0.3 is 0 Å². The number of carbonyl (C=O) groups excluding carboxylic acids is 1. The first-order valence-corrected chi connectivity index (χ1v) is 12.3. The first-order valence-electron chi connectivity index (χ1n) is 10.7. The van der Waals surface area contributed by atoms with Crippen LogP contribution in [-0.4, -0.2) is 59.9 Å². The van der Waals surface area contributed by atoms with Gasteiger partial charge in [-0.15, -0.1) is 10.2 Å². The van der Waals surface area contributed by atoms with E-state index in [9.17, 15) is 13.2 Å². The van der Waals surface area contributed by atoms with Crippen LogP contribution in [0.1, 0.15) is 24.3 Å². The molecular weight excluding hydrogens is 428 g/mol. The van der Waals surface area contributed by atoms with Crippen LogP contribution in [0.3, 0.4) is 0 Å². The molecule has 1 fully saturated rings. The second kappa shape index (κ2) is 10.1. The van der Waals surface area contributed by atoms with Crippen LogP contribution in [0.5, 0.6) is 0 Å². The van der Waals surface area contributed by atoms with Crippen LogP contribution >= 0.6 is 0 Å². The molecule has 0 N–H and O–H groups in total. The smallest absolute Gasteiger partial charge is 0.247 e. The number of benzene rings is 2. The van der Waals surface area contributed by atoms with Gasteiger partial charge in [0.25, 0.3) is 0 Å². The van der Waals surface area contributed by atoms with Gasteiger partial charge in [0, 0.05) is 44.6 Å². The molecule has 1 aromatic heterocycles. The van der Waals surface area contributed by atoms with Crippen molar-refractivity contribution in [2.45, 2.75) is 25.0 Å². The fourth-order valence-electron chi connectivity index (χ4n) is 3.69. The van der Waals surface area contributed by atoms with Crippen molar-refractivity contribution in [3.63, 3.8) is 0 Å². The van der Waals surface area contributed by atoms with Crippen molar-refractivity contribution in [3.05, 3.63) is 72.1 Å². The van der Waals surface area contributed by atoms with Crippen LogP contribution in [0, 0.1) is 0 Å². The Morgan fingerprint density at radius 2 is 1.56 bits per heavy atom. The normalized spacial score (nSPS) is 15.1. The molecule has 3 aromatic rings. The van der Waals surface area contributed by atoms with Gasteiger partial charge < -0.3 is 9.32 Å². The lowest BCUT2D eigenvalue weighted by molar-refractivity contribution is -0.132. The molecule has 0 aliphatic carbocycles. The Bertz CT molecular complexity index is 1130. The number of carbonyl (C=O) groups is 1. The predicted molar refractivity (Wildman–Crippen MR) is 120 cm³/mol. The average Bonchev–Trinajstić information content (AvgIpc) is 3.29. The van der Waals surface area contributed by atoms with Gasteiger partial charge in [-0.05, 0) is 24.1 Å². The van der Waals surface area contributed by atoms with Crippen LogP contribution in [-0.2, 0) is 27.0 Å². The van der Waals surface area contributed by atoms with E-state index in [0.717, 1.165) is 11.1 Å². The summed E-state index contributed by atoms with van der Waals surface area (Å²) in [6.45, 7) is 1.47. The zero-order valence-corrected chi connectivity index (χ0v) is 18.6. The van der Waals surface area contributed by atoms with E-state index in [1.54, 1.807) is 4.90 Å². The molecular formula is C23H26N4O4S. The molecule has 0 unspecified atom stereocenters. The van der Waals surface area contributed by atoms with Crippen molar-refractivity contribution < 1.29 is 17.6 Å². The molecule has 1 amide bonds. The quantitative estimate of drug-likeness (QED) is 0.519. The lowest BCUT2D eigenvalue weighted by Gasteiger charge is -2.34. The zero-order chi connectivity index (χ0) is 22.4. The minimum atomic E-state index is -3.39. The lowest BCUT2D eigenvalue weighted by Crippen LogP contribution is -2.50. The maximum absolute atomic E-state index is 12.7. The number of sulfonamides is 1. The summed E-state index contributed by atoms with van der Waals surface area (Å²) >= 11 is 0. The van der Waals surface area contributed by atoms with E-state index >= 15 is 0 Å². The lowest BCUT2D eigenvalue weighted by atomic mass is 10.2. The molecule has 0 bridgehead atoms. The molecule has 1 aliphatic rings. The van der Waals surface area contributed by atoms with Crippen molar-refractivity contribution in [3.8, 4) is 11.5 Å². The number of hydrogen-bond acceptors (Lipinski definition) is 6. The van der Waals surface area contributed by atoms with E-state index in [1.807, 2.05) is 60.7 Å². The zero-order valence-electron chi connectivity index (χ0n) is 17.8. The van der Waals surface area contributed by atoms with E-state index in [1.165, 1.54) is 4.31 Å². The number of rotatable bonds is 8. The number of piperazine rings is 1. The van der Waals surface area contributed by atoms with Gasteiger partial charge in [0.05, 0.1) is 5.75 Å². The average molecular weight is 455 g/mol. The molecule has 0 radical (unpaired) electrons. The Balaban J connectivity index is 1.22. The molecule has 0 spiro atoms. The van der Waals surface area contributed by atoms with E-state index < -0.39 is 10.0 Å². The summed E-state index contributed by atoms with van der Waals surface area (Å²) < 4.78 is 32.5. The topological polar surface area (TPSA) is 96.6 Å². The predicted octanol–water partition coefficient (Wildman–Crippen LogP) is 2.73. The first kappa shape index (κ1) is 22.2.